The Bertz CT molecular complexity index is 268. The minimum atomic E-state index is -0.897. The number of aliphatic hydroxyl groups is 1. The quantitative estimate of drug-likeness (QED) is 0.690. The first-order valence-electron chi connectivity index (χ1n) is 4.06. The molecule has 0 bridgehead atoms. The van der Waals surface area contributed by atoms with Gasteiger partial charge >= 0.3 is 0 Å². The standard InChI is InChI=1S/C10H15NO/c1-8-4-3-5-9(6-8)10(2,12)7-11/h3-6,12H,7,11H2,1-2H3. The van der Waals surface area contributed by atoms with Crippen molar-refractivity contribution >= 4 is 0 Å². The van der Waals surface area contributed by atoms with E-state index in [9.17, 15) is 5.11 Å². The molecule has 0 aliphatic rings. The van der Waals surface area contributed by atoms with Gasteiger partial charge in [0.2, 0.25) is 0 Å². The van der Waals surface area contributed by atoms with Gasteiger partial charge in [-0.1, -0.05) is 29.8 Å². The molecule has 0 heterocycles. The van der Waals surface area contributed by atoms with Crippen molar-refractivity contribution in [2.24, 2.45) is 5.73 Å². The summed E-state index contributed by atoms with van der Waals surface area (Å²) in [4.78, 5) is 0. The van der Waals surface area contributed by atoms with Crippen LogP contribution in [0.1, 0.15) is 18.1 Å². The van der Waals surface area contributed by atoms with Gasteiger partial charge in [0.25, 0.3) is 0 Å². The molecule has 0 fully saturated rings. The normalized spacial score (nSPS) is 15.7. The molecule has 0 saturated carbocycles. The number of aryl methyl sites for hydroxylation is 1. The van der Waals surface area contributed by atoms with E-state index in [0.29, 0.717) is 0 Å². The van der Waals surface area contributed by atoms with Gasteiger partial charge in [-0.3, -0.25) is 0 Å². The predicted octanol–water partition coefficient (Wildman–Crippen LogP) is 1.16. The first-order valence-corrected chi connectivity index (χ1v) is 4.06. The minimum absolute atomic E-state index is 0.246. The smallest absolute Gasteiger partial charge is 0.0990 e. The lowest BCUT2D eigenvalue weighted by atomic mass is 9.95. The Labute approximate surface area is 73.0 Å². The molecule has 0 aromatic heterocycles. The van der Waals surface area contributed by atoms with Crippen LogP contribution in [0.4, 0.5) is 0 Å². The number of nitrogens with two attached hydrogens (primary N) is 1. The van der Waals surface area contributed by atoms with Gasteiger partial charge < -0.3 is 10.8 Å². The highest BCUT2D eigenvalue weighted by Gasteiger charge is 2.20. The Hall–Kier alpha value is -0.860. The molecule has 1 unspecified atom stereocenters. The van der Waals surface area contributed by atoms with Crippen LogP contribution >= 0.6 is 0 Å². The zero-order valence-electron chi connectivity index (χ0n) is 7.54. The van der Waals surface area contributed by atoms with Crippen molar-refractivity contribution in [3.8, 4) is 0 Å². The zero-order chi connectivity index (χ0) is 9.19. The second-order valence-corrected chi connectivity index (χ2v) is 3.35. The largest absolute Gasteiger partial charge is 0.384 e. The fraction of sp³-hybridized carbons (Fsp3) is 0.400. The summed E-state index contributed by atoms with van der Waals surface area (Å²) in [5, 5.41) is 9.79. The molecule has 0 amide bonds. The SMILES string of the molecule is Cc1cccc(C(C)(O)CN)c1. The number of hydrogen-bond acceptors (Lipinski definition) is 2. The van der Waals surface area contributed by atoms with E-state index in [-0.39, 0.29) is 6.54 Å². The molecule has 0 aliphatic carbocycles. The van der Waals surface area contributed by atoms with Crippen molar-refractivity contribution in [1.82, 2.24) is 0 Å². The molecular formula is C10H15NO. The molecule has 1 atom stereocenters. The summed E-state index contributed by atoms with van der Waals surface area (Å²) in [5.74, 6) is 0. The molecule has 2 heteroatoms. The van der Waals surface area contributed by atoms with Crippen LogP contribution in [-0.4, -0.2) is 11.7 Å². The van der Waals surface area contributed by atoms with Crippen LogP contribution in [0.5, 0.6) is 0 Å². The Morgan fingerprint density at radius 1 is 1.50 bits per heavy atom. The Morgan fingerprint density at radius 2 is 2.17 bits per heavy atom. The monoisotopic (exact) mass is 165 g/mol. The molecule has 0 spiro atoms. The summed E-state index contributed by atoms with van der Waals surface area (Å²) in [6.45, 7) is 3.97. The fourth-order valence-corrected chi connectivity index (χ4v) is 1.10. The molecule has 12 heavy (non-hydrogen) atoms. The number of benzene rings is 1. The fourth-order valence-electron chi connectivity index (χ4n) is 1.10. The second kappa shape index (κ2) is 3.25. The molecule has 1 rings (SSSR count). The van der Waals surface area contributed by atoms with E-state index in [4.69, 9.17) is 5.73 Å². The van der Waals surface area contributed by atoms with Crippen molar-refractivity contribution in [2.75, 3.05) is 6.54 Å². The van der Waals surface area contributed by atoms with Gasteiger partial charge in [-0.2, -0.15) is 0 Å². The van der Waals surface area contributed by atoms with E-state index in [2.05, 4.69) is 0 Å². The highest BCUT2D eigenvalue weighted by Crippen LogP contribution is 2.19. The Morgan fingerprint density at radius 3 is 2.67 bits per heavy atom. The summed E-state index contributed by atoms with van der Waals surface area (Å²) in [5.41, 5.74) is 6.56. The van der Waals surface area contributed by atoms with E-state index in [0.717, 1.165) is 11.1 Å². The van der Waals surface area contributed by atoms with Crippen LogP contribution in [-0.2, 0) is 5.60 Å². The van der Waals surface area contributed by atoms with E-state index >= 15 is 0 Å². The highest BCUT2D eigenvalue weighted by atomic mass is 16.3. The summed E-state index contributed by atoms with van der Waals surface area (Å²) >= 11 is 0. The average Bonchev–Trinajstić information content (AvgIpc) is 2.05. The van der Waals surface area contributed by atoms with E-state index < -0.39 is 5.60 Å². The van der Waals surface area contributed by atoms with Crippen molar-refractivity contribution < 1.29 is 5.11 Å². The van der Waals surface area contributed by atoms with Gasteiger partial charge in [0.1, 0.15) is 0 Å². The topological polar surface area (TPSA) is 46.2 Å². The van der Waals surface area contributed by atoms with Gasteiger partial charge in [0.15, 0.2) is 0 Å². The summed E-state index contributed by atoms with van der Waals surface area (Å²) < 4.78 is 0. The van der Waals surface area contributed by atoms with Gasteiger partial charge in [-0.05, 0) is 19.4 Å². The molecule has 0 radical (unpaired) electrons. The Kier molecular flexibility index (Phi) is 2.50. The molecule has 66 valence electrons. The molecule has 2 nitrogen and oxygen atoms in total. The molecule has 0 aliphatic heterocycles. The lowest BCUT2D eigenvalue weighted by Crippen LogP contribution is -2.31. The summed E-state index contributed by atoms with van der Waals surface area (Å²) in [6.07, 6.45) is 0. The number of hydrogen-bond donors (Lipinski definition) is 2. The van der Waals surface area contributed by atoms with Crippen LogP contribution < -0.4 is 5.73 Å². The lowest BCUT2D eigenvalue weighted by Gasteiger charge is -2.21. The average molecular weight is 165 g/mol. The van der Waals surface area contributed by atoms with Crippen molar-refractivity contribution in [1.29, 1.82) is 0 Å². The predicted molar refractivity (Wildman–Crippen MR) is 49.8 cm³/mol. The maximum atomic E-state index is 9.79. The first kappa shape index (κ1) is 9.23. The minimum Gasteiger partial charge on any atom is -0.384 e. The maximum Gasteiger partial charge on any atom is 0.0990 e. The third-order valence-electron chi connectivity index (χ3n) is 2.04. The molecule has 1 aromatic rings. The van der Waals surface area contributed by atoms with Gasteiger partial charge in [0.05, 0.1) is 5.60 Å². The third kappa shape index (κ3) is 1.84. The van der Waals surface area contributed by atoms with E-state index in [1.165, 1.54) is 0 Å². The Balaban J connectivity index is 3.03. The van der Waals surface area contributed by atoms with Gasteiger partial charge in [-0.25, -0.2) is 0 Å². The van der Waals surface area contributed by atoms with Crippen LogP contribution in [0.15, 0.2) is 24.3 Å². The highest BCUT2D eigenvalue weighted by molar-refractivity contribution is 5.27. The zero-order valence-corrected chi connectivity index (χ0v) is 7.54. The van der Waals surface area contributed by atoms with Crippen molar-refractivity contribution in [3.63, 3.8) is 0 Å². The van der Waals surface area contributed by atoms with Crippen molar-refractivity contribution in [2.45, 2.75) is 19.4 Å². The third-order valence-corrected chi connectivity index (χ3v) is 2.04. The van der Waals surface area contributed by atoms with Crippen LogP contribution in [0.2, 0.25) is 0 Å². The van der Waals surface area contributed by atoms with E-state index in [1.807, 2.05) is 31.2 Å². The molecule has 0 saturated heterocycles. The molecule has 1 aromatic carbocycles. The van der Waals surface area contributed by atoms with Gasteiger partial charge in [0, 0.05) is 6.54 Å². The van der Waals surface area contributed by atoms with Crippen LogP contribution in [0.3, 0.4) is 0 Å². The summed E-state index contributed by atoms with van der Waals surface area (Å²) in [7, 11) is 0. The van der Waals surface area contributed by atoms with Crippen LogP contribution in [0.25, 0.3) is 0 Å². The van der Waals surface area contributed by atoms with Gasteiger partial charge in [-0.15, -0.1) is 0 Å². The molecular weight excluding hydrogens is 150 g/mol. The maximum absolute atomic E-state index is 9.79. The lowest BCUT2D eigenvalue weighted by molar-refractivity contribution is 0.0668. The first-order chi connectivity index (χ1) is 5.56. The van der Waals surface area contributed by atoms with Crippen molar-refractivity contribution in [3.05, 3.63) is 35.4 Å². The number of rotatable bonds is 2. The second-order valence-electron chi connectivity index (χ2n) is 3.35. The van der Waals surface area contributed by atoms with E-state index in [1.54, 1.807) is 6.92 Å². The van der Waals surface area contributed by atoms with Crippen LogP contribution in [0, 0.1) is 6.92 Å². The summed E-state index contributed by atoms with van der Waals surface area (Å²) in [6, 6.07) is 7.76. The molecule has 3 N–H and O–H groups in total.